The van der Waals surface area contributed by atoms with Gasteiger partial charge in [-0.25, -0.2) is 0 Å². The SMILES string of the molecule is [c]1[c]cc2onnc2[c]1. The van der Waals surface area contributed by atoms with E-state index in [2.05, 4.69) is 33.1 Å². The second kappa shape index (κ2) is 1.55. The number of hydrogen-bond acceptors (Lipinski definition) is 3. The molecule has 1 heterocycles. The monoisotopic (exact) mass is 117 g/mol. The zero-order valence-electron chi connectivity index (χ0n) is 4.38. The van der Waals surface area contributed by atoms with E-state index >= 15 is 0 Å². The number of hydrogen-bond donors (Lipinski definition) is 0. The van der Waals surface area contributed by atoms with Crippen molar-refractivity contribution < 1.29 is 4.52 Å². The third-order valence-corrected chi connectivity index (χ3v) is 0.970. The minimum atomic E-state index is 0.591. The Bertz CT molecular complexity index is 285. The Labute approximate surface area is 51.3 Å². The summed E-state index contributed by atoms with van der Waals surface area (Å²) in [6, 6.07) is 9.58. The van der Waals surface area contributed by atoms with Gasteiger partial charge in [0.1, 0.15) is 5.52 Å². The molecule has 3 heteroatoms. The van der Waals surface area contributed by atoms with E-state index in [1.807, 2.05) is 0 Å². The van der Waals surface area contributed by atoms with Crippen molar-refractivity contribution in [3.63, 3.8) is 0 Å². The van der Waals surface area contributed by atoms with Crippen LogP contribution < -0.4 is 0 Å². The van der Waals surface area contributed by atoms with Crippen LogP contribution in [0.3, 0.4) is 0 Å². The summed E-state index contributed by atoms with van der Waals surface area (Å²) >= 11 is 0. The third kappa shape index (κ3) is 0.579. The smallest absolute Gasteiger partial charge is 0.188 e. The van der Waals surface area contributed by atoms with Gasteiger partial charge in [-0.1, -0.05) is 0 Å². The zero-order valence-corrected chi connectivity index (χ0v) is 4.38. The van der Waals surface area contributed by atoms with Crippen LogP contribution in [0.15, 0.2) is 10.6 Å². The van der Waals surface area contributed by atoms with E-state index in [1.54, 1.807) is 6.07 Å². The summed E-state index contributed by atoms with van der Waals surface area (Å²) in [6.07, 6.45) is 0. The maximum atomic E-state index is 4.67. The Morgan fingerprint density at radius 2 is 2.56 bits per heavy atom. The van der Waals surface area contributed by atoms with Gasteiger partial charge in [0.25, 0.3) is 0 Å². The highest BCUT2D eigenvalue weighted by Crippen LogP contribution is 2.05. The van der Waals surface area contributed by atoms with Crippen LogP contribution in [0.25, 0.3) is 11.1 Å². The highest BCUT2D eigenvalue weighted by atomic mass is 16.5. The Hall–Kier alpha value is -1.38. The molecule has 2 aromatic rings. The average molecular weight is 117 g/mol. The first-order valence-corrected chi connectivity index (χ1v) is 2.39. The minimum Gasteiger partial charge on any atom is -0.337 e. The van der Waals surface area contributed by atoms with Crippen molar-refractivity contribution in [3.05, 3.63) is 24.3 Å². The molecule has 1 aromatic heterocycles. The maximum absolute atomic E-state index is 4.67. The molecule has 0 aliphatic heterocycles. The number of benzene rings is 1. The van der Waals surface area contributed by atoms with Gasteiger partial charge >= 0.3 is 0 Å². The van der Waals surface area contributed by atoms with Gasteiger partial charge in [-0.05, 0) is 12.1 Å². The predicted molar refractivity (Wildman–Crippen MR) is 28.3 cm³/mol. The van der Waals surface area contributed by atoms with Gasteiger partial charge in [0, 0.05) is 17.4 Å². The van der Waals surface area contributed by atoms with E-state index in [-0.39, 0.29) is 0 Å². The molecule has 0 fully saturated rings. The molecule has 2 rings (SSSR count). The van der Waals surface area contributed by atoms with Gasteiger partial charge < -0.3 is 4.52 Å². The molecule has 0 aliphatic rings. The summed E-state index contributed by atoms with van der Waals surface area (Å²) in [5.41, 5.74) is 1.18. The van der Waals surface area contributed by atoms with Crippen LogP contribution in [-0.4, -0.2) is 10.4 Å². The molecule has 0 unspecified atom stereocenters. The van der Waals surface area contributed by atoms with Crippen LogP contribution in [-0.2, 0) is 0 Å². The Kier molecular flexibility index (Phi) is 0.773. The molecule has 0 N–H and O–H groups in total. The lowest BCUT2D eigenvalue weighted by Gasteiger charge is -1.74. The second-order valence-corrected chi connectivity index (χ2v) is 1.52. The van der Waals surface area contributed by atoms with Crippen LogP contribution >= 0.6 is 0 Å². The molecular formula is C6HN2O. The van der Waals surface area contributed by atoms with Gasteiger partial charge in [0.2, 0.25) is 0 Å². The van der Waals surface area contributed by atoms with Crippen molar-refractivity contribution in [2.45, 2.75) is 0 Å². The molecule has 1 aromatic carbocycles. The number of fused-ring (bicyclic) bond motifs is 1. The van der Waals surface area contributed by atoms with E-state index in [1.165, 1.54) is 0 Å². The highest BCUT2D eigenvalue weighted by molar-refractivity contribution is 5.69. The molecule has 3 radical (unpaired) electrons. The minimum absolute atomic E-state index is 0.591. The molecule has 0 aliphatic carbocycles. The van der Waals surface area contributed by atoms with Crippen molar-refractivity contribution in [2.75, 3.05) is 0 Å². The van der Waals surface area contributed by atoms with Crippen LogP contribution in [0.2, 0.25) is 0 Å². The van der Waals surface area contributed by atoms with E-state index in [4.69, 9.17) is 0 Å². The average Bonchev–Trinajstić information content (AvgIpc) is 2.33. The van der Waals surface area contributed by atoms with Crippen molar-refractivity contribution in [1.82, 2.24) is 10.4 Å². The number of rotatable bonds is 0. The fourth-order valence-corrected chi connectivity index (χ4v) is 0.576. The summed E-state index contributed by atoms with van der Waals surface area (Å²) in [5, 5.41) is 6.90. The lowest BCUT2D eigenvalue weighted by molar-refractivity contribution is 0.424. The first-order valence-electron chi connectivity index (χ1n) is 2.39. The number of aromatic nitrogens is 2. The molecule has 0 saturated heterocycles. The molecule has 0 saturated carbocycles. The number of nitrogens with zero attached hydrogens (tertiary/aromatic N) is 2. The van der Waals surface area contributed by atoms with Crippen LogP contribution in [0.5, 0.6) is 0 Å². The van der Waals surface area contributed by atoms with Crippen LogP contribution in [0.4, 0.5) is 0 Å². The molecule has 0 amide bonds. The van der Waals surface area contributed by atoms with E-state index in [0.717, 1.165) is 0 Å². The zero-order chi connectivity index (χ0) is 6.10. The van der Waals surface area contributed by atoms with E-state index in [9.17, 15) is 0 Å². The Morgan fingerprint density at radius 3 is 3.44 bits per heavy atom. The lowest BCUT2D eigenvalue weighted by atomic mass is 10.3. The lowest BCUT2D eigenvalue weighted by Crippen LogP contribution is -1.65. The summed E-state index contributed by atoms with van der Waals surface area (Å²) in [6.45, 7) is 0. The Morgan fingerprint density at radius 1 is 1.56 bits per heavy atom. The first kappa shape index (κ1) is 4.49. The van der Waals surface area contributed by atoms with E-state index in [0.29, 0.717) is 11.1 Å². The predicted octanol–water partition coefficient (Wildman–Crippen LogP) is 0.623. The summed E-state index contributed by atoms with van der Waals surface area (Å²) in [5.74, 6) is 0. The van der Waals surface area contributed by atoms with Gasteiger partial charge in [-0.2, -0.15) is 0 Å². The molecule has 3 nitrogen and oxygen atoms in total. The van der Waals surface area contributed by atoms with Crippen molar-refractivity contribution in [1.29, 1.82) is 0 Å². The maximum Gasteiger partial charge on any atom is 0.188 e. The molecule has 0 spiro atoms. The van der Waals surface area contributed by atoms with Gasteiger partial charge in [-0.15, -0.1) is 5.10 Å². The molecule has 41 valence electrons. The molecule has 0 atom stereocenters. The fraction of sp³-hybridized carbons (Fsp3) is 0. The normalized spacial score (nSPS) is 10.2. The van der Waals surface area contributed by atoms with E-state index < -0.39 is 0 Å². The van der Waals surface area contributed by atoms with Crippen molar-refractivity contribution in [3.8, 4) is 0 Å². The molecule has 0 bridgehead atoms. The van der Waals surface area contributed by atoms with Crippen LogP contribution in [0.1, 0.15) is 0 Å². The quantitative estimate of drug-likeness (QED) is 0.507. The third-order valence-electron chi connectivity index (χ3n) is 0.970. The summed E-state index contributed by atoms with van der Waals surface area (Å²) in [7, 11) is 0. The topological polar surface area (TPSA) is 38.9 Å². The van der Waals surface area contributed by atoms with Crippen molar-refractivity contribution >= 4 is 11.1 Å². The van der Waals surface area contributed by atoms with Gasteiger partial charge in [0.15, 0.2) is 5.58 Å². The highest BCUT2D eigenvalue weighted by Gasteiger charge is 1.94. The van der Waals surface area contributed by atoms with Gasteiger partial charge in [0.05, 0.1) is 0 Å². The Balaban J connectivity index is 2.95. The fourth-order valence-electron chi connectivity index (χ4n) is 0.576. The van der Waals surface area contributed by atoms with Crippen LogP contribution in [0, 0.1) is 18.2 Å². The summed E-state index contributed by atoms with van der Waals surface area (Å²) < 4.78 is 4.67. The standard InChI is InChI=1S/C6HN2O/c1-2-4-6-5(3-1)7-8-9-6/h4H. The van der Waals surface area contributed by atoms with Gasteiger partial charge in [-0.3, -0.25) is 0 Å². The first-order chi connectivity index (χ1) is 4.47. The second-order valence-electron chi connectivity index (χ2n) is 1.52. The largest absolute Gasteiger partial charge is 0.337 e. The molecular weight excluding hydrogens is 116 g/mol. The summed E-state index contributed by atoms with van der Waals surface area (Å²) in [4.78, 5) is 0. The van der Waals surface area contributed by atoms with Crippen molar-refractivity contribution in [2.24, 2.45) is 0 Å². The molecule has 9 heavy (non-hydrogen) atoms.